The van der Waals surface area contributed by atoms with Crippen LogP contribution in [0.25, 0.3) is 0 Å². The van der Waals surface area contributed by atoms with Crippen LogP contribution >= 0.6 is 11.8 Å². The highest BCUT2D eigenvalue weighted by atomic mass is 32.2. The van der Waals surface area contributed by atoms with Crippen LogP contribution in [0.1, 0.15) is 47.0 Å². The lowest BCUT2D eigenvalue weighted by molar-refractivity contribution is -0.125. The Kier molecular flexibility index (Phi) is 7.31. The summed E-state index contributed by atoms with van der Waals surface area (Å²) < 4.78 is 0. The Labute approximate surface area is 117 Å². The fourth-order valence-corrected chi connectivity index (χ4v) is 3.34. The second-order valence-electron chi connectivity index (χ2n) is 6.12. The number of hydrogen-bond donors (Lipinski definition) is 0. The van der Waals surface area contributed by atoms with E-state index in [0.717, 1.165) is 25.9 Å². The Morgan fingerprint density at radius 3 is 2.67 bits per heavy atom. The second-order valence-corrected chi connectivity index (χ2v) is 7.81. The Balaban J connectivity index is 2.29. The maximum atomic E-state index is 12.1. The van der Waals surface area contributed by atoms with Crippen molar-refractivity contribution in [1.82, 2.24) is 4.90 Å². The minimum Gasteiger partial charge on any atom is -0.302 e. The van der Waals surface area contributed by atoms with Crippen molar-refractivity contribution >= 4 is 17.5 Å². The van der Waals surface area contributed by atoms with Gasteiger partial charge < -0.3 is 4.90 Å². The van der Waals surface area contributed by atoms with Gasteiger partial charge in [0.15, 0.2) is 0 Å². The zero-order chi connectivity index (χ0) is 13.5. The Morgan fingerprint density at radius 2 is 2.06 bits per heavy atom. The molecule has 2 nitrogen and oxygen atoms in total. The number of piperidine rings is 1. The summed E-state index contributed by atoms with van der Waals surface area (Å²) in [7, 11) is 0. The van der Waals surface area contributed by atoms with Crippen LogP contribution in [0.2, 0.25) is 0 Å². The molecule has 0 aromatic carbocycles. The summed E-state index contributed by atoms with van der Waals surface area (Å²) in [6.07, 6.45) is 3.07. The van der Waals surface area contributed by atoms with Gasteiger partial charge in [-0.05, 0) is 30.6 Å². The quantitative estimate of drug-likeness (QED) is 0.707. The maximum absolute atomic E-state index is 12.1. The molecule has 1 heterocycles. The lowest BCUT2D eigenvalue weighted by atomic mass is 9.89. The number of hydrogen-bond acceptors (Lipinski definition) is 3. The summed E-state index contributed by atoms with van der Waals surface area (Å²) in [6, 6.07) is 0. The topological polar surface area (TPSA) is 20.3 Å². The summed E-state index contributed by atoms with van der Waals surface area (Å²) in [5.41, 5.74) is 0. The smallest absolute Gasteiger partial charge is 0.137 e. The van der Waals surface area contributed by atoms with Gasteiger partial charge in [-0.25, -0.2) is 0 Å². The zero-order valence-electron chi connectivity index (χ0n) is 12.4. The fourth-order valence-electron chi connectivity index (χ4n) is 2.51. The molecule has 0 aromatic rings. The molecule has 106 valence electrons. The molecule has 1 fully saturated rings. The number of carbonyl (C=O) groups is 1. The third kappa shape index (κ3) is 6.24. The van der Waals surface area contributed by atoms with E-state index in [0.29, 0.717) is 22.9 Å². The molecule has 3 heteroatoms. The molecule has 0 amide bonds. The first kappa shape index (κ1) is 16.0. The van der Waals surface area contributed by atoms with Gasteiger partial charge in [0, 0.05) is 31.2 Å². The third-order valence-corrected chi connectivity index (χ3v) is 4.51. The molecule has 1 saturated heterocycles. The van der Waals surface area contributed by atoms with Crippen LogP contribution in [0.5, 0.6) is 0 Å². The molecular formula is C15H29NOS. The highest BCUT2D eigenvalue weighted by Gasteiger charge is 2.25. The van der Waals surface area contributed by atoms with Crippen LogP contribution in [0.3, 0.4) is 0 Å². The third-order valence-electron chi connectivity index (χ3n) is 3.43. The average molecular weight is 271 g/mol. The van der Waals surface area contributed by atoms with E-state index in [4.69, 9.17) is 0 Å². The van der Waals surface area contributed by atoms with Crippen molar-refractivity contribution in [2.75, 3.05) is 25.4 Å². The molecule has 1 rings (SSSR count). The van der Waals surface area contributed by atoms with Crippen molar-refractivity contribution in [2.24, 2.45) is 11.8 Å². The van der Waals surface area contributed by atoms with Gasteiger partial charge in [-0.3, -0.25) is 4.79 Å². The molecule has 18 heavy (non-hydrogen) atoms. The largest absolute Gasteiger partial charge is 0.302 e. The van der Waals surface area contributed by atoms with Crippen molar-refractivity contribution in [1.29, 1.82) is 0 Å². The van der Waals surface area contributed by atoms with E-state index in [1.165, 1.54) is 18.7 Å². The van der Waals surface area contributed by atoms with E-state index in [1.54, 1.807) is 0 Å². The van der Waals surface area contributed by atoms with Gasteiger partial charge in [-0.2, -0.15) is 11.8 Å². The summed E-state index contributed by atoms with van der Waals surface area (Å²) in [5.74, 6) is 2.50. The normalized spacial score (nSPS) is 21.8. The molecule has 0 bridgehead atoms. The van der Waals surface area contributed by atoms with E-state index in [1.807, 2.05) is 11.8 Å². The number of ketones is 1. The molecule has 0 aromatic heterocycles. The Hall–Kier alpha value is -0.0200. The first-order valence-electron chi connectivity index (χ1n) is 7.35. The molecule has 0 aliphatic carbocycles. The maximum Gasteiger partial charge on any atom is 0.137 e. The van der Waals surface area contributed by atoms with E-state index < -0.39 is 0 Å². The number of likely N-dealkylation sites (tertiary alicyclic amines) is 1. The van der Waals surface area contributed by atoms with E-state index in [2.05, 4.69) is 32.6 Å². The molecular weight excluding hydrogens is 242 g/mol. The SMILES string of the molecule is CC(C)CC(=O)C1CCCN(CCSC(C)C)C1. The molecule has 0 saturated carbocycles. The van der Waals surface area contributed by atoms with Gasteiger partial charge in [0.25, 0.3) is 0 Å². The van der Waals surface area contributed by atoms with Crippen LogP contribution in [-0.4, -0.2) is 41.3 Å². The Bertz CT molecular complexity index is 253. The average Bonchev–Trinajstić information content (AvgIpc) is 2.28. The predicted octanol–water partition coefficient (Wildman–Crippen LogP) is 3.46. The van der Waals surface area contributed by atoms with Crippen molar-refractivity contribution in [2.45, 2.75) is 52.2 Å². The summed E-state index contributed by atoms with van der Waals surface area (Å²) in [6.45, 7) is 12.1. The molecule has 1 atom stereocenters. The number of Topliss-reactive ketones (excluding diaryl/α,β-unsaturated/α-hetero) is 1. The molecule has 1 unspecified atom stereocenters. The number of carbonyl (C=O) groups excluding carboxylic acids is 1. The fraction of sp³-hybridized carbons (Fsp3) is 0.933. The van der Waals surface area contributed by atoms with Crippen LogP contribution in [-0.2, 0) is 4.79 Å². The highest BCUT2D eigenvalue weighted by molar-refractivity contribution is 7.99. The second kappa shape index (κ2) is 8.21. The molecule has 0 spiro atoms. The summed E-state index contributed by atoms with van der Waals surface area (Å²) in [4.78, 5) is 14.6. The summed E-state index contributed by atoms with van der Waals surface area (Å²) in [5, 5.41) is 0.716. The van der Waals surface area contributed by atoms with Gasteiger partial charge in [-0.1, -0.05) is 27.7 Å². The van der Waals surface area contributed by atoms with Crippen molar-refractivity contribution < 1.29 is 4.79 Å². The van der Waals surface area contributed by atoms with Gasteiger partial charge in [-0.15, -0.1) is 0 Å². The van der Waals surface area contributed by atoms with Gasteiger partial charge in [0.1, 0.15) is 5.78 Å². The van der Waals surface area contributed by atoms with Gasteiger partial charge in [0.2, 0.25) is 0 Å². The van der Waals surface area contributed by atoms with Crippen LogP contribution < -0.4 is 0 Å². The Morgan fingerprint density at radius 1 is 1.33 bits per heavy atom. The number of thioether (sulfide) groups is 1. The van der Waals surface area contributed by atoms with Crippen molar-refractivity contribution in [3.8, 4) is 0 Å². The zero-order valence-corrected chi connectivity index (χ0v) is 13.3. The van der Waals surface area contributed by atoms with Crippen LogP contribution in [0.4, 0.5) is 0 Å². The van der Waals surface area contributed by atoms with Gasteiger partial charge >= 0.3 is 0 Å². The van der Waals surface area contributed by atoms with Crippen molar-refractivity contribution in [3.63, 3.8) is 0 Å². The van der Waals surface area contributed by atoms with Crippen LogP contribution in [0.15, 0.2) is 0 Å². The van der Waals surface area contributed by atoms with Gasteiger partial charge in [0.05, 0.1) is 0 Å². The predicted molar refractivity (Wildman–Crippen MR) is 81.2 cm³/mol. The lowest BCUT2D eigenvalue weighted by Gasteiger charge is -2.32. The first-order valence-corrected chi connectivity index (χ1v) is 8.40. The minimum atomic E-state index is 0.310. The molecule has 1 aliphatic rings. The standard InChI is InChI=1S/C15H29NOS/c1-12(2)10-15(17)14-6-5-7-16(11-14)8-9-18-13(3)4/h12-14H,5-11H2,1-4H3. The lowest BCUT2D eigenvalue weighted by Crippen LogP contribution is -2.40. The number of rotatable bonds is 7. The van der Waals surface area contributed by atoms with E-state index >= 15 is 0 Å². The summed E-state index contributed by atoms with van der Waals surface area (Å²) >= 11 is 2.02. The highest BCUT2D eigenvalue weighted by Crippen LogP contribution is 2.21. The van der Waals surface area contributed by atoms with E-state index in [9.17, 15) is 4.79 Å². The number of nitrogens with zero attached hydrogens (tertiary/aromatic N) is 1. The molecule has 0 radical (unpaired) electrons. The van der Waals surface area contributed by atoms with Crippen LogP contribution in [0, 0.1) is 11.8 Å². The van der Waals surface area contributed by atoms with Crippen molar-refractivity contribution in [3.05, 3.63) is 0 Å². The monoisotopic (exact) mass is 271 g/mol. The molecule has 0 N–H and O–H groups in total. The minimum absolute atomic E-state index is 0.310. The first-order chi connectivity index (χ1) is 8.49. The van der Waals surface area contributed by atoms with E-state index in [-0.39, 0.29) is 0 Å². The molecule has 1 aliphatic heterocycles.